The van der Waals surface area contributed by atoms with Crippen LogP contribution in [0.4, 0.5) is 4.79 Å². The number of hydrogen-bond donors (Lipinski definition) is 1. The van der Waals surface area contributed by atoms with Gasteiger partial charge in [-0.1, -0.05) is 38.5 Å². The zero-order chi connectivity index (χ0) is 14.2. The summed E-state index contributed by atoms with van der Waals surface area (Å²) in [5, 5.41) is 3.04. The molecule has 2 amide bonds. The van der Waals surface area contributed by atoms with Crippen molar-refractivity contribution in [2.75, 3.05) is 20.3 Å². The van der Waals surface area contributed by atoms with Gasteiger partial charge in [0, 0.05) is 25.7 Å². The van der Waals surface area contributed by atoms with Crippen LogP contribution >= 0.6 is 0 Å². The van der Waals surface area contributed by atoms with Crippen molar-refractivity contribution in [3.8, 4) is 0 Å². The minimum absolute atomic E-state index is 0.140. The Balaban J connectivity index is 1.95. The molecule has 0 aromatic carbocycles. The molecule has 2 aliphatic rings. The van der Waals surface area contributed by atoms with Crippen LogP contribution in [0.5, 0.6) is 0 Å². The minimum Gasteiger partial charge on any atom is -0.383 e. The third kappa shape index (κ3) is 4.37. The second-order valence-corrected chi connectivity index (χ2v) is 6.22. The molecule has 0 atom stereocenters. The quantitative estimate of drug-likeness (QED) is 0.786. The van der Waals surface area contributed by atoms with Crippen LogP contribution in [-0.2, 0) is 4.74 Å². The van der Waals surface area contributed by atoms with Crippen LogP contribution in [0.25, 0.3) is 0 Å². The number of amides is 2. The summed E-state index contributed by atoms with van der Waals surface area (Å²) in [6, 6.07) is 1.07. The van der Waals surface area contributed by atoms with Gasteiger partial charge >= 0.3 is 6.03 Å². The topological polar surface area (TPSA) is 41.6 Å². The molecule has 2 fully saturated rings. The molecule has 0 unspecified atom stereocenters. The van der Waals surface area contributed by atoms with Crippen molar-refractivity contribution in [1.29, 1.82) is 0 Å². The molecular formula is C16H30N2O2. The highest BCUT2D eigenvalue weighted by Crippen LogP contribution is 2.30. The van der Waals surface area contributed by atoms with E-state index >= 15 is 0 Å². The lowest BCUT2D eigenvalue weighted by atomic mass is 9.89. The molecular weight excluding hydrogens is 252 g/mol. The van der Waals surface area contributed by atoms with Gasteiger partial charge in [0.2, 0.25) is 0 Å². The Hall–Kier alpha value is -0.770. The van der Waals surface area contributed by atoms with Crippen molar-refractivity contribution in [3.05, 3.63) is 0 Å². The number of carbonyl (C=O) groups is 1. The first-order valence-electron chi connectivity index (χ1n) is 8.38. The van der Waals surface area contributed by atoms with Crippen molar-refractivity contribution >= 4 is 6.03 Å². The van der Waals surface area contributed by atoms with Crippen LogP contribution in [0, 0.1) is 0 Å². The van der Waals surface area contributed by atoms with Crippen LogP contribution in [0.3, 0.4) is 0 Å². The summed E-state index contributed by atoms with van der Waals surface area (Å²) >= 11 is 0. The average molecular weight is 282 g/mol. The highest BCUT2D eigenvalue weighted by Gasteiger charge is 2.32. The number of rotatable bonds is 5. The SMILES string of the molecule is COCCNC(=O)N(C1CCCCC1)C1CCCCC1. The van der Waals surface area contributed by atoms with E-state index in [0.29, 0.717) is 25.2 Å². The van der Waals surface area contributed by atoms with Crippen molar-refractivity contribution in [1.82, 2.24) is 10.2 Å². The summed E-state index contributed by atoms with van der Waals surface area (Å²) in [6.45, 7) is 1.21. The molecule has 2 aliphatic carbocycles. The Morgan fingerprint density at radius 3 is 1.95 bits per heavy atom. The van der Waals surface area contributed by atoms with E-state index in [0.717, 1.165) is 0 Å². The monoisotopic (exact) mass is 282 g/mol. The third-order valence-electron chi connectivity index (χ3n) is 4.75. The van der Waals surface area contributed by atoms with Crippen LogP contribution in [-0.4, -0.2) is 43.3 Å². The molecule has 0 saturated heterocycles. The van der Waals surface area contributed by atoms with E-state index in [1.165, 1.54) is 64.2 Å². The van der Waals surface area contributed by atoms with Crippen LogP contribution < -0.4 is 5.32 Å². The molecule has 116 valence electrons. The fraction of sp³-hybridized carbons (Fsp3) is 0.938. The van der Waals surface area contributed by atoms with Crippen LogP contribution in [0.1, 0.15) is 64.2 Å². The largest absolute Gasteiger partial charge is 0.383 e. The van der Waals surface area contributed by atoms with Crippen molar-refractivity contribution in [3.63, 3.8) is 0 Å². The third-order valence-corrected chi connectivity index (χ3v) is 4.75. The molecule has 0 heterocycles. The molecule has 4 heteroatoms. The van der Waals surface area contributed by atoms with Gasteiger partial charge in [-0.15, -0.1) is 0 Å². The summed E-state index contributed by atoms with van der Waals surface area (Å²) in [5.74, 6) is 0. The van der Waals surface area contributed by atoms with E-state index in [2.05, 4.69) is 10.2 Å². The van der Waals surface area contributed by atoms with Crippen molar-refractivity contribution < 1.29 is 9.53 Å². The van der Waals surface area contributed by atoms with Gasteiger partial charge in [0.05, 0.1) is 6.61 Å². The first-order valence-corrected chi connectivity index (χ1v) is 8.38. The second kappa shape index (κ2) is 8.50. The molecule has 0 bridgehead atoms. The van der Waals surface area contributed by atoms with Gasteiger partial charge in [-0.25, -0.2) is 4.79 Å². The number of hydrogen-bond acceptors (Lipinski definition) is 2. The Bertz CT molecular complexity index is 266. The van der Waals surface area contributed by atoms with Gasteiger partial charge in [-0.2, -0.15) is 0 Å². The molecule has 4 nitrogen and oxygen atoms in total. The zero-order valence-corrected chi connectivity index (χ0v) is 12.9. The summed E-state index contributed by atoms with van der Waals surface area (Å²) in [7, 11) is 1.67. The van der Waals surface area contributed by atoms with Crippen LogP contribution in [0.2, 0.25) is 0 Å². The van der Waals surface area contributed by atoms with Gasteiger partial charge in [0.1, 0.15) is 0 Å². The standard InChI is InChI=1S/C16H30N2O2/c1-20-13-12-17-16(19)18(14-8-4-2-5-9-14)15-10-6-3-7-11-15/h14-15H,2-13H2,1H3,(H,17,19). The summed E-state index contributed by atoms with van der Waals surface area (Å²) in [4.78, 5) is 14.8. The average Bonchev–Trinajstić information content (AvgIpc) is 2.50. The first kappa shape index (κ1) is 15.6. The Morgan fingerprint density at radius 1 is 1.00 bits per heavy atom. The number of methoxy groups -OCH3 is 1. The van der Waals surface area contributed by atoms with E-state index < -0.39 is 0 Å². The lowest BCUT2D eigenvalue weighted by Crippen LogP contribution is -2.53. The fourth-order valence-electron chi connectivity index (χ4n) is 3.70. The first-order chi connectivity index (χ1) is 9.83. The fourth-order valence-corrected chi connectivity index (χ4v) is 3.70. The highest BCUT2D eigenvalue weighted by atomic mass is 16.5. The zero-order valence-electron chi connectivity index (χ0n) is 12.9. The molecule has 0 radical (unpaired) electrons. The molecule has 0 aromatic heterocycles. The molecule has 2 rings (SSSR count). The number of nitrogens with zero attached hydrogens (tertiary/aromatic N) is 1. The lowest BCUT2D eigenvalue weighted by molar-refractivity contribution is 0.102. The molecule has 2 saturated carbocycles. The number of carbonyl (C=O) groups excluding carboxylic acids is 1. The van der Waals surface area contributed by atoms with Gasteiger partial charge in [-0.3, -0.25) is 0 Å². The van der Waals surface area contributed by atoms with E-state index in [4.69, 9.17) is 4.74 Å². The molecule has 20 heavy (non-hydrogen) atoms. The van der Waals surface area contributed by atoms with Gasteiger partial charge in [0.15, 0.2) is 0 Å². The normalized spacial score (nSPS) is 21.6. The van der Waals surface area contributed by atoms with Gasteiger partial charge in [0.25, 0.3) is 0 Å². The van der Waals surface area contributed by atoms with E-state index in [1.807, 2.05) is 0 Å². The van der Waals surface area contributed by atoms with Crippen LogP contribution in [0.15, 0.2) is 0 Å². The lowest BCUT2D eigenvalue weighted by Gasteiger charge is -2.41. The maximum Gasteiger partial charge on any atom is 0.317 e. The Labute approximate surface area is 123 Å². The highest BCUT2D eigenvalue weighted by molar-refractivity contribution is 5.75. The molecule has 0 spiro atoms. The van der Waals surface area contributed by atoms with E-state index in [9.17, 15) is 4.79 Å². The number of urea groups is 1. The summed E-state index contributed by atoms with van der Waals surface area (Å²) < 4.78 is 5.03. The molecule has 0 aromatic rings. The second-order valence-electron chi connectivity index (χ2n) is 6.22. The Kier molecular flexibility index (Phi) is 6.64. The maximum atomic E-state index is 12.6. The van der Waals surface area contributed by atoms with Crippen molar-refractivity contribution in [2.45, 2.75) is 76.3 Å². The van der Waals surface area contributed by atoms with E-state index in [1.54, 1.807) is 7.11 Å². The Morgan fingerprint density at radius 2 is 1.50 bits per heavy atom. The summed E-state index contributed by atoms with van der Waals surface area (Å²) in [5.41, 5.74) is 0. The molecule has 1 N–H and O–H groups in total. The number of ether oxygens (including phenoxy) is 1. The van der Waals surface area contributed by atoms with Gasteiger partial charge in [-0.05, 0) is 25.7 Å². The minimum atomic E-state index is 0.140. The predicted molar refractivity (Wildman–Crippen MR) is 80.9 cm³/mol. The summed E-state index contributed by atoms with van der Waals surface area (Å²) in [6.07, 6.45) is 12.5. The number of nitrogens with one attached hydrogen (secondary N) is 1. The van der Waals surface area contributed by atoms with Gasteiger partial charge < -0.3 is 15.0 Å². The maximum absolute atomic E-state index is 12.6. The van der Waals surface area contributed by atoms with Crippen molar-refractivity contribution in [2.24, 2.45) is 0 Å². The molecule has 0 aliphatic heterocycles. The predicted octanol–water partition coefficient (Wildman–Crippen LogP) is 3.31. The van der Waals surface area contributed by atoms with E-state index in [-0.39, 0.29) is 6.03 Å². The smallest absolute Gasteiger partial charge is 0.317 e.